The molecule has 0 aliphatic carbocycles. The molecule has 0 radical (unpaired) electrons. The predicted molar refractivity (Wildman–Crippen MR) is 91.2 cm³/mol. The molecule has 1 aliphatic heterocycles. The second-order valence-corrected chi connectivity index (χ2v) is 4.36. The van der Waals surface area contributed by atoms with Crippen LogP contribution in [-0.2, 0) is 6.42 Å². The van der Waals surface area contributed by atoms with E-state index in [0.29, 0.717) is 6.71 Å². The minimum Gasteiger partial charge on any atom is -0.265 e. The molecule has 19 heavy (non-hydrogen) atoms. The first kappa shape index (κ1) is 17.7. The van der Waals surface area contributed by atoms with E-state index in [-0.39, 0.29) is 0 Å². The average Bonchev–Trinajstić information content (AvgIpc) is 2.97. The fourth-order valence-corrected chi connectivity index (χ4v) is 1.77. The van der Waals surface area contributed by atoms with E-state index in [1.54, 1.807) is 0 Å². The highest BCUT2D eigenvalue weighted by molar-refractivity contribution is 6.70. The lowest BCUT2D eigenvalue weighted by Gasteiger charge is -2.05. The third-order valence-electron chi connectivity index (χ3n) is 2.77. The second-order valence-electron chi connectivity index (χ2n) is 4.36. The summed E-state index contributed by atoms with van der Waals surface area (Å²) >= 11 is 0. The largest absolute Gasteiger partial charge is 0.265 e. The van der Waals surface area contributed by atoms with E-state index in [0.717, 1.165) is 12.8 Å². The van der Waals surface area contributed by atoms with Crippen LogP contribution in [-0.4, -0.2) is 12.4 Å². The van der Waals surface area contributed by atoms with Gasteiger partial charge in [0, 0.05) is 24.8 Å². The van der Waals surface area contributed by atoms with Gasteiger partial charge in [0.1, 0.15) is 0 Å². The molecule has 104 valence electrons. The number of hydrogen-bond donors (Lipinski definition) is 0. The summed E-state index contributed by atoms with van der Waals surface area (Å²) in [5, 5.41) is 0. The van der Waals surface area contributed by atoms with E-state index in [4.69, 9.17) is 0 Å². The smallest absolute Gasteiger partial charge is 0.169 e. The molecule has 0 unspecified atom stereocenters. The monoisotopic (exact) mass is 257 g/mol. The third-order valence-corrected chi connectivity index (χ3v) is 2.77. The SMILES string of the molecule is CB(C)c1ccc(CC2=NC=CC2)cc1.CC.CC. The van der Waals surface area contributed by atoms with Gasteiger partial charge >= 0.3 is 0 Å². The van der Waals surface area contributed by atoms with Gasteiger partial charge in [0.15, 0.2) is 6.71 Å². The maximum absolute atomic E-state index is 4.32. The summed E-state index contributed by atoms with van der Waals surface area (Å²) in [5.74, 6) is 0. The van der Waals surface area contributed by atoms with Crippen molar-refractivity contribution in [3.63, 3.8) is 0 Å². The molecule has 0 saturated heterocycles. The zero-order chi connectivity index (χ0) is 14.7. The van der Waals surface area contributed by atoms with Gasteiger partial charge in [0.25, 0.3) is 0 Å². The fraction of sp³-hybridized carbons (Fsp3) is 0.471. The van der Waals surface area contributed by atoms with Crippen molar-refractivity contribution in [1.82, 2.24) is 0 Å². The molecule has 0 spiro atoms. The number of hydrogen-bond acceptors (Lipinski definition) is 1. The van der Waals surface area contributed by atoms with Crippen molar-refractivity contribution in [2.45, 2.75) is 54.2 Å². The van der Waals surface area contributed by atoms with Crippen LogP contribution in [0.2, 0.25) is 13.6 Å². The topological polar surface area (TPSA) is 12.4 Å². The highest BCUT2D eigenvalue weighted by atomic mass is 14.7. The Bertz CT molecular complexity index is 388. The summed E-state index contributed by atoms with van der Waals surface area (Å²) in [5.41, 5.74) is 4.04. The van der Waals surface area contributed by atoms with Crippen LogP contribution in [0.1, 0.15) is 39.7 Å². The Kier molecular flexibility index (Phi) is 9.87. The van der Waals surface area contributed by atoms with Crippen LogP contribution in [0.5, 0.6) is 0 Å². The Morgan fingerprint density at radius 3 is 2.00 bits per heavy atom. The molecule has 0 N–H and O–H groups in total. The molecule has 1 aromatic rings. The zero-order valence-electron chi connectivity index (χ0n) is 13.4. The molecule has 0 aromatic heterocycles. The van der Waals surface area contributed by atoms with Crippen molar-refractivity contribution >= 4 is 17.9 Å². The van der Waals surface area contributed by atoms with Crippen LogP contribution in [0, 0.1) is 0 Å². The average molecular weight is 257 g/mol. The van der Waals surface area contributed by atoms with Crippen LogP contribution in [0.4, 0.5) is 0 Å². The van der Waals surface area contributed by atoms with Gasteiger partial charge in [-0.2, -0.15) is 0 Å². The van der Waals surface area contributed by atoms with Crippen LogP contribution < -0.4 is 5.46 Å². The Labute approximate surface area is 119 Å². The number of allylic oxidation sites excluding steroid dienone is 1. The fourth-order valence-electron chi connectivity index (χ4n) is 1.77. The Morgan fingerprint density at radius 2 is 1.58 bits per heavy atom. The number of aliphatic imine (C=N–C) groups is 1. The van der Waals surface area contributed by atoms with Gasteiger partial charge in [-0.1, -0.05) is 77.1 Å². The van der Waals surface area contributed by atoms with E-state index in [2.05, 4.69) is 49.0 Å². The summed E-state index contributed by atoms with van der Waals surface area (Å²) in [6, 6.07) is 8.89. The molecule has 1 heterocycles. The van der Waals surface area contributed by atoms with E-state index in [1.807, 2.05) is 33.9 Å². The van der Waals surface area contributed by atoms with Crippen LogP contribution >= 0.6 is 0 Å². The quantitative estimate of drug-likeness (QED) is 0.701. The molecule has 1 nitrogen and oxygen atoms in total. The first-order valence-electron chi connectivity index (χ1n) is 7.55. The lowest BCUT2D eigenvalue weighted by Crippen LogP contribution is -2.22. The summed E-state index contributed by atoms with van der Waals surface area (Å²) < 4.78 is 0. The molecule has 0 bridgehead atoms. The van der Waals surface area contributed by atoms with Gasteiger partial charge < -0.3 is 0 Å². The normalized spacial score (nSPS) is 11.8. The first-order valence-corrected chi connectivity index (χ1v) is 7.55. The lowest BCUT2D eigenvalue weighted by molar-refractivity contribution is 1.28. The van der Waals surface area contributed by atoms with Crippen molar-refractivity contribution in [2.24, 2.45) is 4.99 Å². The van der Waals surface area contributed by atoms with Gasteiger partial charge in [-0.05, 0) is 5.56 Å². The van der Waals surface area contributed by atoms with Gasteiger partial charge in [0.05, 0.1) is 0 Å². The second kappa shape index (κ2) is 10.6. The molecule has 0 amide bonds. The molecule has 0 saturated carbocycles. The van der Waals surface area contributed by atoms with Gasteiger partial charge in [0.2, 0.25) is 0 Å². The third kappa shape index (κ3) is 6.42. The lowest BCUT2D eigenvalue weighted by atomic mass is 9.49. The summed E-state index contributed by atoms with van der Waals surface area (Å²) in [7, 11) is 0. The van der Waals surface area contributed by atoms with Crippen LogP contribution in [0.25, 0.3) is 0 Å². The first-order chi connectivity index (χ1) is 9.25. The highest BCUT2D eigenvalue weighted by Gasteiger charge is 2.05. The Morgan fingerprint density at radius 1 is 1.00 bits per heavy atom. The summed E-state index contributed by atoms with van der Waals surface area (Å²) in [6.07, 6.45) is 6.02. The van der Waals surface area contributed by atoms with Crippen molar-refractivity contribution in [3.05, 3.63) is 42.1 Å². The van der Waals surface area contributed by atoms with E-state index in [9.17, 15) is 0 Å². The maximum Gasteiger partial charge on any atom is 0.169 e. The molecular weight excluding hydrogens is 229 g/mol. The highest BCUT2D eigenvalue weighted by Crippen LogP contribution is 2.07. The molecule has 2 heteroatoms. The maximum atomic E-state index is 4.32. The Hall–Kier alpha value is -1.31. The minimum atomic E-state index is 0.615. The minimum absolute atomic E-state index is 0.615. The summed E-state index contributed by atoms with van der Waals surface area (Å²) in [6.45, 7) is 13.1. The van der Waals surface area contributed by atoms with Crippen molar-refractivity contribution in [2.75, 3.05) is 0 Å². The number of nitrogens with zero attached hydrogens (tertiary/aromatic N) is 1. The van der Waals surface area contributed by atoms with Crippen molar-refractivity contribution in [3.8, 4) is 0 Å². The van der Waals surface area contributed by atoms with Crippen molar-refractivity contribution < 1.29 is 0 Å². The van der Waals surface area contributed by atoms with Gasteiger partial charge in [-0.15, -0.1) is 0 Å². The van der Waals surface area contributed by atoms with E-state index < -0.39 is 0 Å². The molecular formula is C17H28BN. The van der Waals surface area contributed by atoms with E-state index >= 15 is 0 Å². The Balaban J connectivity index is 0.000000741. The van der Waals surface area contributed by atoms with Gasteiger partial charge in [-0.3, -0.25) is 4.99 Å². The van der Waals surface area contributed by atoms with Crippen molar-refractivity contribution in [1.29, 1.82) is 0 Å². The van der Waals surface area contributed by atoms with Crippen LogP contribution in [0.3, 0.4) is 0 Å². The molecule has 0 fully saturated rings. The predicted octanol–water partition coefficient (Wildman–Crippen LogP) is 4.60. The molecule has 1 aromatic carbocycles. The van der Waals surface area contributed by atoms with E-state index in [1.165, 1.54) is 16.7 Å². The van der Waals surface area contributed by atoms with Crippen LogP contribution in [0.15, 0.2) is 41.5 Å². The zero-order valence-corrected chi connectivity index (χ0v) is 13.4. The molecule has 1 aliphatic rings. The molecule has 2 rings (SSSR count). The molecule has 0 atom stereocenters. The standard InChI is InChI=1S/C13H16BN.2C2H6/c1-14(2)12-7-5-11(6-8-12)10-13-4-3-9-15-13;2*1-2/h3,5-9H,4,10H2,1-2H3;2*1-2H3. The van der Waals surface area contributed by atoms with Gasteiger partial charge in [-0.25, -0.2) is 0 Å². The number of benzene rings is 1. The number of rotatable bonds is 3. The summed E-state index contributed by atoms with van der Waals surface area (Å²) in [4.78, 5) is 4.32.